The fraction of sp³-hybridized carbons (Fsp3) is 0.562. The van der Waals surface area contributed by atoms with Crippen molar-refractivity contribution in [3.63, 3.8) is 0 Å². The second-order valence-corrected chi connectivity index (χ2v) is 7.49. The average molecular weight is 342 g/mol. The predicted molar refractivity (Wildman–Crippen MR) is 86.5 cm³/mol. The van der Waals surface area contributed by atoms with Gasteiger partial charge in [0.25, 0.3) is 0 Å². The zero-order valence-corrected chi connectivity index (χ0v) is 14.3. The summed E-state index contributed by atoms with van der Waals surface area (Å²) in [6.07, 6.45) is 1.43. The van der Waals surface area contributed by atoms with E-state index in [-0.39, 0.29) is 11.3 Å². The summed E-state index contributed by atoms with van der Waals surface area (Å²) in [6.45, 7) is 7.24. The molecule has 1 aromatic rings. The molecule has 112 valence electrons. The highest BCUT2D eigenvalue weighted by Gasteiger charge is 2.17. The summed E-state index contributed by atoms with van der Waals surface area (Å²) >= 11 is 3.62. The fourth-order valence-electron chi connectivity index (χ4n) is 1.95. The highest BCUT2D eigenvalue weighted by Crippen LogP contribution is 2.24. The monoisotopic (exact) mass is 341 g/mol. The van der Waals surface area contributed by atoms with Crippen molar-refractivity contribution in [2.75, 3.05) is 13.7 Å². The Morgan fingerprint density at radius 3 is 2.40 bits per heavy atom. The minimum atomic E-state index is 0.0496. The third kappa shape index (κ3) is 6.94. The first-order chi connectivity index (χ1) is 9.30. The Morgan fingerprint density at radius 2 is 1.90 bits per heavy atom. The van der Waals surface area contributed by atoms with Crippen LogP contribution in [0.15, 0.2) is 24.3 Å². The fourth-order valence-corrected chi connectivity index (χ4v) is 3.09. The molecule has 0 aliphatic heterocycles. The number of carbonyl (C=O) groups excluding carboxylic acids is 1. The minimum absolute atomic E-state index is 0.0496. The van der Waals surface area contributed by atoms with E-state index < -0.39 is 0 Å². The molecule has 1 unspecified atom stereocenters. The van der Waals surface area contributed by atoms with Gasteiger partial charge in [0.15, 0.2) is 0 Å². The van der Waals surface area contributed by atoms with Crippen molar-refractivity contribution in [3.05, 3.63) is 29.8 Å². The maximum Gasteiger partial charge on any atom is 0.224 e. The highest BCUT2D eigenvalue weighted by atomic mass is 79.9. The van der Waals surface area contributed by atoms with Crippen LogP contribution in [0.3, 0.4) is 0 Å². The lowest BCUT2D eigenvalue weighted by Crippen LogP contribution is -2.32. The third-order valence-electron chi connectivity index (χ3n) is 2.88. The molecule has 0 bridgehead atoms. The summed E-state index contributed by atoms with van der Waals surface area (Å²) in [6, 6.07) is 7.57. The van der Waals surface area contributed by atoms with E-state index in [4.69, 9.17) is 4.74 Å². The number of ether oxygens (including phenoxy) is 1. The van der Waals surface area contributed by atoms with E-state index in [0.29, 0.717) is 17.8 Å². The summed E-state index contributed by atoms with van der Waals surface area (Å²) in [5.74, 6) is 0.855. The van der Waals surface area contributed by atoms with E-state index in [2.05, 4.69) is 42.0 Å². The summed E-state index contributed by atoms with van der Waals surface area (Å²) in [4.78, 5) is 12.2. The molecule has 0 aliphatic rings. The van der Waals surface area contributed by atoms with Crippen molar-refractivity contribution >= 4 is 21.8 Å². The molecule has 1 amide bonds. The van der Waals surface area contributed by atoms with Crippen LogP contribution in [0.4, 0.5) is 0 Å². The van der Waals surface area contributed by atoms with E-state index in [0.717, 1.165) is 17.7 Å². The number of halogens is 1. The first-order valence-electron chi connectivity index (χ1n) is 6.84. The number of rotatable bonds is 6. The number of amides is 1. The number of methoxy groups -OCH3 is 1. The van der Waals surface area contributed by atoms with Crippen molar-refractivity contribution in [1.29, 1.82) is 0 Å². The van der Waals surface area contributed by atoms with E-state index in [9.17, 15) is 4.79 Å². The molecular formula is C16H24BrNO2. The van der Waals surface area contributed by atoms with Gasteiger partial charge in [0.2, 0.25) is 5.91 Å². The van der Waals surface area contributed by atoms with Gasteiger partial charge in [-0.25, -0.2) is 0 Å². The molecule has 0 aliphatic carbocycles. The number of benzene rings is 1. The molecule has 20 heavy (non-hydrogen) atoms. The number of carbonyl (C=O) groups is 1. The Labute approximate surface area is 130 Å². The molecule has 1 aromatic carbocycles. The Kier molecular flexibility index (Phi) is 6.53. The number of hydrogen-bond acceptors (Lipinski definition) is 2. The Bertz CT molecular complexity index is 423. The maximum absolute atomic E-state index is 11.9. The lowest BCUT2D eigenvalue weighted by molar-refractivity contribution is -0.120. The quantitative estimate of drug-likeness (QED) is 0.803. The van der Waals surface area contributed by atoms with Gasteiger partial charge in [0.1, 0.15) is 5.75 Å². The van der Waals surface area contributed by atoms with Gasteiger partial charge in [0, 0.05) is 11.4 Å². The topological polar surface area (TPSA) is 38.3 Å². The molecule has 3 nitrogen and oxygen atoms in total. The Balaban J connectivity index is 2.36. The number of nitrogens with one attached hydrogen (secondary N) is 1. The first kappa shape index (κ1) is 17.0. The van der Waals surface area contributed by atoms with E-state index >= 15 is 0 Å². The van der Waals surface area contributed by atoms with Gasteiger partial charge in [-0.1, -0.05) is 48.8 Å². The molecule has 1 atom stereocenters. The zero-order chi connectivity index (χ0) is 15.2. The van der Waals surface area contributed by atoms with Crippen LogP contribution in [-0.2, 0) is 11.2 Å². The standard InChI is InChI=1S/C16H24BrNO2/c1-16(2,3)10-13(17)11-18-15(19)9-12-5-7-14(20-4)8-6-12/h5-8,13H,9-11H2,1-4H3,(H,18,19). The van der Waals surface area contributed by atoms with Crippen LogP contribution < -0.4 is 10.1 Å². The first-order valence-corrected chi connectivity index (χ1v) is 7.75. The second-order valence-electron chi connectivity index (χ2n) is 6.19. The van der Waals surface area contributed by atoms with Crippen molar-refractivity contribution in [2.24, 2.45) is 5.41 Å². The number of alkyl halides is 1. The average Bonchev–Trinajstić information content (AvgIpc) is 2.35. The lowest BCUT2D eigenvalue weighted by Gasteiger charge is -2.22. The molecule has 0 radical (unpaired) electrons. The van der Waals surface area contributed by atoms with Gasteiger partial charge in [-0.05, 0) is 29.5 Å². The molecule has 0 spiro atoms. The van der Waals surface area contributed by atoms with Crippen molar-refractivity contribution < 1.29 is 9.53 Å². The molecule has 1 N–H and O–H groups in total. The van der Waals surface area contributed by atoms with Crippen LogP contribution in [-0.4, -0.2) is 24.4 Å². The summed E-state index contributed by atoms with van der Waals surface area (Å²) in [5, 5.41) is 2.97. The number of hydrogen-bond donors (Lipinski definition) is 1. The SMILES string of the molecule is COc1ccc(CC(=O)NCC(Br)CC(C)(C)C)cc1. The van der Waals surface area contributed by atoms with Crippen LogP contribution >= 0.6 is 15.9 Å². The van der Waals surface area contributed by atoms with Crippen molar-refractivity contribution in [1.82, 2.24) is 5.32 Å². The van der Waals surface area contributed by atoms with Crippen molar-refractivity contribution in [2.45, 2.75) is 38.4 Å². The van der Waals surface area contributed by atoms with Gasteiger partial charge < -0.3 is 10.1 Å². The molecule has 0 saturated carbocycles. The minimum Gasteiger partial charge on any atom is -0.497 e. The van der Waals surface area contributed by atoms with Gasteiger partial charge in [-0.2, -0.15) is 0 Å². The van der Waals surface area contributed by atoms with Gasteiger partial charge >= 0.3 is 0 Å². The van der Waals surface area contributed by atoms with E-state index in [1.54, 1.807) is 7.11 Å². The smallest absolute Gasteiger partial charge is 0.224 e. The van der Waals surface area contributed by atoms with Crippen LogP contribution in [0.25, 0.3) is 0 Å². The summed E-state index contributed by atoms with van der Waals surface area (Å²) in [7, 11) is 1.63. The molecule has 4 heteroatoms. The Morgan fingerprint density at radius 1 is 1.30 bits per heavy atom. The molecular weight excluding hydrogens is 318 g/mol. The summed E-state index contributed by atoms with van der Waals surface area (Å²) < 4.78 is 5.09. The van der Waals surface area contributed by atoms with Crippen molar-refractivity contribution in [3.8, 4) is 5.75 Å². The predicted octanol–water partition coefficient (Wildman–Crippen LogP) is 3.55. The van der Waals surface area contributed by atoms with Gasteiger partial charge in [0.05, 0.1) is 13.5 Å². The molecule has 0 heterocycles. The van der Waals surface area contributed by atoms with E-state index in [1.807, 2.05) is 24.3 Å². The second kappa shape index (κ2) is 7.67. The van der Waals surface area contributed by atoms with E-state index in [1.165, 1.54) is 0 Å². The van der Waals surface area contributed by atoms with Crippen LogP contribution in [0, 0.1) is 5.41 Å². The normalized spacial score (nSPS) is 12.8. The molecule has 0 saturated heterocycles. The molecule has 1 rings (SSSR count). The van der Waals surface area contributed by atoms with Crippen LogP contribution in [0.5, 0.6) is 5.75 Å². The third-order valence-corrected chi connectivity index (χ3v) is 3.53. The van der Waals surface area contributed by atoms with Crippen LogP contribution in [0.1, 0.15) is 32.8 Å². The largest absolute Gasteiger partial charge is 0.497 e. The molecule has 0 fully saturated rings. The van der Waals surface area contributed by atoms with Gasteiger partial charge in [-0.15, -0.1) is 0 Å². The zero-order valence-electron chi connectivity index (χ0n) is 12.7. The van der Waals surface area contributed by atoms with Crippen LogP contribution in [0.2, 0.25) is 0 Å². The highest BCUT2D eigenvalue weighted by molar-refractivity contribution is 9.09. The lowest BCUT2D eigenvalue weighted by atomic mass is 9.90. The Hall–Kier alpha value is -1.03. The maximum atomic E-state index is 11.9. The molecule has 0 aromatic heterocycles. The van der Waals surface area contributed by atoms with Gasteiger partial charge in [-0.3, -0.25) is 4.79 Å². The summed E-state index contributed by atoms with van der Waals surface area (Å²) in [5.41, 5.74) is 1.25.